The van der Waals surface area contributed by atoms with Gasteiger partial charge in [0.1, 0.15) is 0 Å². The normalized spacial score (nSPS) is 18.0. The molecule has 1 fully saturated rings. The average Bonchev–Trinajstić information content (AvgIpc) is 2.87. The fourth-order valence-corrected chi connectivity index (χ4v) is 2.58. The summed E-state index contributed by atoms with van der Waals surface area (Å²) in [6.07, 6.45) is 2.47. The summed E-state index contributed by atoms with van der Waals surface area (Å²) < 4.78 is 0. The summed E-state index contributed by atoms with van der Waals surface area (Å²) in [5.41, 5.74) is 1.18. The van der Waals surface area contributed by atoms with Gasteiger partial charge >= 0.3 is 12.0 Å². The van der Waals surface area contributed by atoms with Crippen LogP contribution in [0.2, 0.25) is 0 Å². The molecule has 1 heterocycles. The maximum absolute atomic E-state index is 12.0. The van der Waals surface area contributed by atoms with Crippen molar-refractivity contribution in [3.05, 3.63) is 35.9 Å². The molecule has 5 nitrogen and oxygen atoms in total. The Labute approximate surface area is 118 Å². The van der Waals surface area contributed by atoms with Gasteiger partial charge in [-0.2, -0.15) is 0 Å². The van der Waals surface area contributed by atoms with Crippen LogP contribution < -0.4 is 5.32 Å². The lowest BCUT2D eigenvalue weighted by Gasteiger charge is -2.23. The van der Waals surface area contributed by atoms with Gasteiger partial charge in [0.25, 0.3) is 0 Å². The zero-order valence-electron chi connectivity index (χ0n) is 11.4. The Bertz CT molecular complexity index is 461. The van der Waals surface area contributed by atoms with E-state index in [0.717, 1.165) is 19.3 Å². The summed E-state index contributed by atoms with van der Waals surface area (Å²) in [7, 11) is 0. The molecular weight excluding hydrogens is 256 g/mol. The molecule has 0 spiro atoms. The van der Waals surface area contributed by atoms with Gasteiger partial charge in [-0.25, -0.2) is 4.79 Å². The van der Waals surface area contributed by atoms with Crippen LogP contribution in [0.5, 0.6) is 0 Å². The number of amides is 2. The molecule has 1 unspecified atom stereocenters. The van der Waals surface area contributed by atoms with Gasteiger partial charge < -0.3 is 15.3 Å². The molecule has 5 heteroatoms. The molecule has 0 radical (unpaired) electrons. The van der Waals surface area contributed by atoms with Crippen molar-refractivity contribution in [1.82, 2.24) is 10.2 Å². The van der Waals surface area contributed by atoms with Crippen LogP contribution in [0.3, 0.4) is 0 Å². The standard InChI is InChI=1S/C15H20N2O3/c18-14(19)11-13-7-4-10-17(13)15(20)16-9-8-12-5-2-1-3-6-12/h1-3,5-6,13H,4,7-11H2,(H,16,20)(H,18,19). The molecule has 108 valence electrons. The van der Waals surface area contributed by atoms with Crippen LogP contribution in [-0.2, 0) is 11.2 Å². The number of nitrogens with zero attached hydrogens (tertiary/aromatic N) is 1. The van der Waals surface area contributed by atoms with Gasteiger partial charge in [-0.15, -0.1) is 0 Å². The largest absolute Gasteiger partial charge is 0.481 e. The highest BCUT2D eigenvalue weighted by Gasteiger charge is 2.29. The molecule has 0 aromatic heterocycles. The molecule has 1 aliphatic rings. The predicted molar refractivity (Wildman–Crippen MR) is 75.5 cm³/mol. The smallest absolute Gasteiger partial charge is 0.317 e. The molecule has 0 bridgehead atoms. The minimum Gasteiger partial charge on any atom is -0.481 e. The van der Waals surface area contributed by atoms with Crippen molar-refractivity contribution < 1.29 is 14.7 Å². The summed E-state index contributed by atoms with van der Waals surface area (Å²) in [5.74, 6) is -0.848. The highest BCUT2D eigenvalue weighted by atomic mass is 16.4. The Morgan fingerprint density at radius 3 is 2.75 bits per heavy atom. The molecule has 1 aliphatic heterocycles. The fourth-order valence-electron chi connectivity index (χ4n) is 2.58. The molecule has 1 aromatic rings. The van der Waals surface area contributed by atoms with Crippen molar-refractivity contribution in [2.24, 2.45) is 0 Å². The molecule has 2 N–H and O–H groups in total. The molecular formula is C15H20N2O3. The highest BCUT2D eigenvalue weighted by molar-refractivity contribution is 5.76. The monoisotopic (exact) mass is 276 g/mol. The van der Waals surface area contributed by atoms with E-state index in [0.29, 0.717) is 13.1 Å². The number of carbonyl (C=O) groups is 2. The molecule has 0 saturated carbocycles. The molecule has 1 atom stereocenters. The van der Waals surface area contributed by atoms with Crippen molar-refractivity contribution in [3.63, 3.8) is 0 Å². The maximum Gasteiger partial charge on any atom is 0.317 e. The van der Waals surface area contributed by atoms with Crippen molar-refractivity contribution in [3.8, 4) is 0 Å². The van der Waals surface area contributed by atoms with Gasteiger partial charge in [0, 0.05) is 19.1 Å². The first-order valence-electron chi connectivity index (χ1n) is 6.97. The first-order chi connectivity index (χ1) is 9.66. The predicted octanol–water partition coefficient (Wildman–Crippen LogP) is 1.88. The zero-order valence-corrected chi connectivity index (χ0v) is 11.4. The van der Waals surface area contributed by atoms with Crippen LogP contribution in [0.1, 0.15) is 24.8 Å². The minimum atomic E-state index is -0.848. The Balaban J connectivity index is 1.78. The van der Waals surface area contributed by atoms with E-state index in [1.54, 1.807) is 4.90 Å². The second-order valence-electron chi connectivity index (χ2n) is 5.05. The van der Waals surface area contributed by atoms with Crippen LogP contribution in [0.25, 0.3) is 0 Å². The number of carboxylic acids is 1. The lowest BCUT2D eigenvalue weighted by atomic mass is 10.1. The molecule has 2 amide bonds. The topological polar surface area (TPSA) is 69.6 Å². The second-order valence-corrected chi connectivity index (χ2v) is 5.05. The molecule has 1 saturated heterocycles. The van der Waals surface area contributed by atoms with E-state index in [1.165, 1.54) is 5.56 Å². The Hall–Kier alpha value is -2.04. The van der Waals surface area contributed by atoms with E-state index in [4.69, 9.17) is 5.11 Å². The van der Waals surface area contributed by atoms with E-state index in [9.17, 15) is 9.59 Å². The molecule has 0 aliphatic carbocycles. The SMILES string of the molecule is O=C(O)CC1CCCN1C(=O)NCCc1ccccc1. The van der Waals surface area contributed by atoms with E-state index in [1.807, 2.05) is 30.3 Å². The molecule has 20 heavy (non-hydrogen) atoms. The van der Waals surface area contributed by atoms with Crippen LogP contribution in [-0.4, -0.2) is 41.1 Å². The minimum absolute atomic E-state index is 0.0338. The lowest BCUT2D eigenvalue weighted by Crippen LogP contribution is -2.44. The third-order valence-electron chi connectivity index (χ3n) is 3.58. The first kappa shape index (κ1) is 14.4. The second kappa shape index (κ2) is 6.93. The Morgan fingerprint density at radius 2 is 2.05 bits per heavy atom. The molecule has 2 rings (SSSR count). The number of benzene rings is 1. The summed E-state index contributed by atoms with van der Waals surface area (Å²) in [5, 5.41) is 11.7. The number of nitrogens with one attached hydrogen (secondary N) is 1. The number of carbonyl (C=O) groups excluding carboxylic acids is 1. The summed E-state index contributed by atoms with van der Waals surface area (Å²) in [4.78, 5) is 24.5. The fraction of sp³-hybridized carbons (Fsp3) is 0.467. The van der Waals surface area contributed by atoms with Gasteiger partial charge in [-0.3, -0.25) is 4.79 Å². The zero-order chi connectivity index (χ0) is 14.4. The van der Waals surface area contributed by atoms with Gasteiger partial charge in [0.2, 0.25) is 0 Å². The maximum atomic E-state index is 12.0. The van der Waals surface area contributed by atoms with E-state index in [-0.39, 0.29) is 18.5 Å². The van der Waals surface area contributed by atoms with E-state index >= 15 is 0 Å². The van der Waals surface area contributed by atoms with Gasteiger partial charge in [-0.05, 0) is 24.8 Å². The number of carboxylic acid groups (broad SMARTS) is 1. The Morgan fingerprint density at radius 1 is 1.30 bits per heavy atom. The number of aliphatic carboxylic acids is 1. The number of rotatable bonds is 5. The van der Waals surface area contributed by atoms with E-state index in [2.05, 4.69) is 5.32 Å². The Kier molecular flexibility index (Phi) is 4.98. The number of hydrogen-bond donors (Lipinski definition) is 2. The van der Waals surface area contributed by atoms with Gasteiger partial charge in [0.15, 0.2) is 0 Å². The highest BCUT2D eigenvalue weighted by Crippen LogP contribution is 2.19. The number of urea groups is 1. The van der Waals surface area contributed by atoms with Gasteiger partial charge in [-0.1, -0.05) is 30.3 Å². The summed E-state index contributed by atoms with van der Waals surface area (Å²) in [6.45, 7) is 1.22. The van der Waals surface area contributed by atoms with Crippen molar-refractivity contribution in [2.75, 3.05) is 13.1 Å². The quantitative estimate of drug-likeness (QED) is 0.862. The van der Waals surface area contributed by atoms with Crippen LogP contribution >= 0.6 is 0 Å². The van der Waals surface area contributed by atoms with E-state index < -0.39 is 5.97 Å². The van der Waals surface area contributed by atoms with Crippen LogP contribution in [0.4, 0.5) is 4.79 Å². The third-order valence-corrected chi connectivity index (χ3v) is 3.58. The van der Waals surface area contributed by atoms with Crippen LogP contribution in [0.15, 0.2) is 30.3 Å². The van der Waals surface area contributed by atoms with Crippen molar-refractivity contribution in [2.45, 2.75) is 31.7 Å². The summed E-state index contributed by atoms with van der Waals surface area (Å²) in [6, 6.07) is 9.64. The van der Waals surface area contributed by atoms with Gasteiger partial charge in [0.05, 0.1) is 6.42 Å². The third kappa shape index (κ3) is 3.98. The lowest BCUT2D eigenvalue weighted by molar-refractivity contribution is -0.137. The number of likely N-dealkylation sites (tertiary alicyclic amines) is 1. The number of hydrogen-bond acceptors (Lipinski definition) is 2. The molecule has 1 aromatic carbocycles. The average molecular weight is 276 g/mol. The first-order valence-corrected chi connectivity index (χ1v) is 6.97. The van der Waals surface area contributed by atoms with Crippen molar-refractivity contribution >= 4 is 12.0 Å². The van der Waals surface area contributed by atoms with Crippen molar-refractivity contribution in [1.29, 1.82) is 0 Å². The van der Waals surface area contributed by atoms with Crippen LogP contribution in [0, 0.1) is 0 Å². The summed E-state index contributed by atoms with van der Waals surface area (Å²) >= 11 is 0.